The van der Waals surface area contributed by atoms with Gasteiger partial charge in [-0.15, -0.1) is 0 Å². The monoisotopic (exact) mass is 413 g/mol. The molecule has 0 aromatic heterocycles. The third kappa shape index (κ3) is 7.76. The Labute approximate surface area is 170 Å². The van der Waals surface area contributed by atoms with Crippen molar-refractivity contribution in [1.82, 2.24) is 5.32 Å². The highest BCUT2D eigenvalue weighted by Gasteiger charge is 2.37. The zero-order chi connectivity index (χ0) is 21.4. The van der Waals surface area contributed by atoms with E-state index < -0.39 is 34.9 Å². The number of carbonyl (C=O) groups is 3. The van der Waals surface area contributed by atoms with E-state index in [4.69, 9.17) is 25.8 Å². The quantitative estimate of drug-likeness (QED) is 0.397. The molecule has 8 heteroatoms. The molecule has 0 fully saturated rings. The molecular weight excluding hydrogens is 386 g/mol. The van der Waals surface area contributed by atoms with Crippen LogP contribution in [-0.2, 0) is 30.4 Å². The maximum Gasteiger partial charge on any atom is 0.408 e. The van der Waals surface area contributed by atoms with Crippen molar-refractivity contribution in [2.24, 2.45) is 10.8 Å². The van der Waals surface area contributed by atoms with Crippen molar-refractivity contribution in [2.75, 3.05) is 12.7 Å². The molecule has 1 aromatic rings. The summed E-state index contributed by atoms with van der Waals surface area (Å²) in [5, 5.41) is 2.54. The van der Waals surface area contributed by atoms with Crippen LogP contribution < -0.4 is 5.32 Å². The van der Waals surface area contributed by atoms with Gasteiger partial charge in [-0.1, -0.05) is 62.7 Å². The molecule has 0 aliphatic carbocycles. The van der Waals surface area contributed by atoms with Gasteiger partial charge in [0.05, 0.1) is 5.41 Å². The minimum atomic E-state index is -1.07. The van der Waals surface area contributed by atoms with Crippen LogP contribution in [-0.4, -0.2) is 36.7 Å². The highest BCUT2D eigenvalue weighted by molar-refractivity contribution is 6.17. The number of alkyl carbamates (subject to hydrolysis) is 1. The molecule has 28 heavy (non-hydrogen) atoms. The lowest BCUT2D eigenvalue weighted by Gasteiger charge is -2.30. The van der Waals surface area contributed by atoms with Crippen LogP contribution in [0.25, 0.3) is 0 Å². The summed E-state index contributed by atoms with van der Waals surface area (Å²) in [6.07, 6.45) is -0.735. The van der Waals surface area contributed by atoms with Crippen LogP contribution in [0.1, 0.15) is 40.2 Å². The van der Waals surface area contributed by atoms with E-state index in [2.05, 4.69) is 5.32 Å². The van der Waals surface area contributed by atoms with E-state index in [0.717, 1.165) is 5.56 Å². The van der Waals surface area contributed by atoms with Crippen LogP contribution in [0.15, 0.2) is 30.3 Å². The number of rotatable bonds is 8. The largest absolute Gasteiger partial charge is 0.463 e. The molecule has 0 saturated heterocycles. The summed E-state index contributed by atoms with van der Waals surface area (Å²) in [5.74, 6) is -1.26. The van der Waals surface area contributed by atoms with Crippen LogP contribution in [0, 0.1) is 10.8 Å². The fourth-order valence-corrected chi connectivity index (χ4v) is 2.25. The van der Waals surface area contributed by atoms with Crippen LogP contribution >= 0.6 is 11.6 Å². The van der Waals surface area contributed by atoms with Crippen LogP contribution in [0.4, 0.5) is 4.79 Å². The zero-order valence-electron chi connectivity index (χ0n) is 16.9. The topological polar surface area (TPSA) is 90.9 Å². The number of hydrogen-bond acceptors (Lipinski definition) is 6. The van der Waals surface area contributed by atoms with Crippen molar-refractivity contribution < 1.29 is 28.6 Å². The molecule has 0 saturated carbocycles. The first-order valence-electron chi connectivity index (χ1n) is 8.84. The van der Waals surface area contributed by atoms with Crippen molar-refractivity contribution in [2.45, 2.75) is 47.3 Å². The smallest absolute Gasteiger partial charge is 0.408 e. The molecule has 1 amide bonds. The highest BCUT2D eigenvalue weighted by atomic mass is 35.5. The third-order valence-corrected chi connectivity index (χ3v) is 4.00. The van der Waals surface area contributed by atoms with Gasteiger partial charge in [0.15, 0.2) is 6.07 Å². The Morgan fingerprint density at radius 3 is 2.14 bits per heavy atom. The number of hydrogen-bond donors (Lipinski definition) is 1. The van der Waals surface area contributed by atoms with E-state index in [-0.39, 0.29) is 19.3 Å². The second-order valence-electron chi connectivity index (χ2n) is 8.04. The highest BCUT2D eigenvalue weighted by Crippen LogP contribution is 2.23. The molecule has 0 bridgehead atoms. The second-order valence-corrected chi connectivity index (χ2v) is 8.26. The molecule has 1 atom stereocenters. The lowest BCUT2D eigenvalue weighted by atomic mass is 9.86. The average molecular weight is 414 g/mol. The van der Waals surface area contributed by atoms with Gasteiger partial charge >= 0.3 is 18.0 Å². The summed E-state index contributed by atoms with van der Waals surface area (Å²) in [5.41, 5.74) is -0.878. The fraction of sp³-hybridized carbons (Fsp3) is 0.550. The average Bonchev–Trinajstić information content (AvgIpc) is 2.62. The fourth-order valence-electron chi connectivity index (χ4n) is 2.15. The Bertz CT molecular complexity index is 669. The summed E-state index contributed by atoms with van der Waals surface area (Å²) < 4.78 is 15.2. The van der Waals surface area contributed by atoms with Gasteiger partial charge < -0.3 is 19.5 Å². The van der Waals surface area contributed by atoms with Crippen molar-refractivity contribution in [1.29, 1.82) is 0 Å². The Balaban J connectivity index is 2.67. The minimum Gasteiger partial charge on any atom is -0.463 e. The standard InChI is InChI=1S/C20H28ClNO6/c1-19(2,3)15(16(23)27-12-20(4,5)17(24)28-13-21)22-18(25)26-11-14-9-7-6-8-10-14/h6-10,15H,11-13H2,1-5H3,(H,22,25)/t15-/m1/s1. The molecule has 0 unspecified atom stereocenters. The number of carbonyl (C=O) groups excluding carboxylic acids is 3. The van der Waals surface area contributed by atoms with Gasteiger partial charge in [0, 0.05) is 0 Å². The van der Waals surface area contributed by atoms with Gasteiger partial charge in [0.25, 0.3) is 0 Å². The first-order valence-corrected chi connectivity index (χ1v) is 9.38. The van der Waals surface area contributed by atoms with Crippen LogP contribution in [0.3, 0.4) is 0 Å². The van der Waals surface area contributed by atoms with E-state index in [9.17, 15) is 14.4 Å². The van der Waals surface area contributed by atoms with Gasteiger partial charge in [-0.25, -0.2) is 9.59 Å². The summed E-state index contributed by atoms with van der Waals surface area (Å²) in [6.45, 7) is 8.35. The second kappa shape index (κ2) is 10.3. The molecule has 0 aliphatic heterocycles. The molecule has 7 nitrogen and oxygen atoms in total. The number of esters is 2. The normalized spacial score (nSPS) is 12.6. The Morgan fingerprint density at radius 1 is 1.00 bits per heavy atom. The third-order valence-electron chi connectivity index (χ3n) is 3.89. The minimum absolute atomic E-state index is 0.0792. The summed E-state index contributed by atoms with van der Waals surface area (Å²) >= 11 is 5.39. The Kier molecular flexibility index (Phi) is 8.75. The van der Waals surface area contributed by atoms with E-state index in [0.29, 0.717) is 0 Å². The van der Waals surface area contributed by atoms with E-state index in [1.807, 2.05) is 30.3 Å². The van der Waals surface area contributed by atoms with E-state index >= 15 is 0 Å². The summed E-state index contributed by atoms with van der Waals surface area (Å²) in [4.78, 5) is 36.6. The maximum absolute atomic E-state index is 12.6. The number of halogens is 1. The number of alkyl halides is 1. The Hall–Kier alpha value is -2.28. The number of nitrogens with one attached hydrogen (secondary N) is 1. The number of amides is 1. The predicted octanol–water partition coefficient (Wildman–Crippen LogP) is 3.64. The van der Waals surface area contributed by atoms with Gasteiger partial charge in [-0.3, -0.25) is 4.79 Å². The maximum atomic E-state index is 12.6. The van der Waals surface area contributed by atoms with E-state index in [1.165, 1.54) is 0 Å². The summed E-state index contributed by atoms with van der Waals surface area (Å²) in [6, 6.07) is 7.94. The molecule has 1 aromatic carbocycles. The molecule has 0 radical (unpaired) electrons. The molecule has 0 aliphatic rings. The van der Waals surface area contributed by atoms with Gasteiger partial charge in [0.2, 0.25) is 0 Å². The van der Waals surface area contributed by atoms with Crippen LogP contribution in [0.5, 0.6) is 0 Å². The molecule has 1 rings (SSSR count). The van der Waals surface area contributed by atoms with Crippen molar-refractivity contribution in [3.05, 3.63) is 35.9 Å². The lowest BCUT2D eigenvalue weighted by Crippen LogP contribution is -2.50. The number of benzene rings is 1. The Morgan fingerprint density at radius 2 is 1.61 bits per heavy atom. The molecule has 1 N–H and O–H groups in total. The van der Waals surface area contributed by atoms with Crippen molar-refractivity contribution >= 4 is 29.6 Å². The van der Waals surface area contributed by atoms with Crippen molar-refractivity contribution in [3.63, 3.8) is 0 Å². The molecule has 0 spiro atoms. The lowest BCUT2D eigenvalue weighted by molar-refractivity contribution is -0.162. The summed E-state index contributed by atoms with van der Waals surface area (Å²) in [7, 11) is 0. The van der Waals surface area contributed by atoms with E-state index in [1.54, 1.807) is 34.6 Å². The van der Waals surface area contributed by atoms with Gasteiger partial charge in [-0.2, -0.15) is 0 Å². The zero-order valence-corrected chi connectivity index (χ0v) is 17.7. The molecular formula is C20H28ClNO6. The molecule has 0 heterocycles. The predicted molar refractivity (Wildman–Crippen MR) is 105 cm³/mol. The first-order chi connectivity index (χ1) is 13.0. The van der Waals surface area contributed by atoms with Crippen molar-refractivity contribution in [3.8, 4) is 0 Å². The van der Waals surface area contributed by atoms with Crippen LogP contribution in [0.2, 0.25) is 0 Å². The van der Waals surface area contributed by atoms with Gasteiger partial charge in [0.1, 0.15) is 19.3 Å². The first kappa shape index (κ1) is 23.8. The SMILES string of the molecule is CC(C)(COC(=O)[C@@H](NC(=O)OCc1ccccc1)C(C)(C)C)C(=O)OCCl. The number of ether oxygens (including phenoxy) is 3. The van der Waals surface area contributed by atoms with Gasteiger partial charge in [-0.05, 0) is 24.8 Å². The molecule has 156 valence electrons.